The van der Waals surface area contributed by atoms with E-state index in [1.165, 1.54) is 18.9 Å². The molecule has 1 aromatic rings. The van der Waals surface area contributed by atoms with Crippen molar-refractivity contribution in [3.05, 3.63) is 23.0 Å². The summed E-state index contributed by atoms with van der Waals surface area (Å²) >= 11 is 5.80. The van der Waals surface area contributed by atoms with Gasteiger partial charge in [0, 0.05) is 12.2 Å². The van der Waals surface area contributed by atoms with Crippen LogP contribution in [0.5, 0.6) is 0 Å². The van der Waals surface area contributed by atoms with Crippen LogP contribution in [0.1, 0.15) is 42.2 Å². The molecule has 0 unspecified atom stereocenters. The second kappa shape index (κ2) is 3.65. The molecule has 2 rings (SSSR count). The molecule has 1 N–H and O–H groups in total. The third-order valence-electron chi connectivity index (χ3n) is 2.75. The maximum absolute atomic E-state index is 10.9. The van der Waals surface area contributed by atoms with Crippen LogP contribution in [0.2, 0.25) is 5.02 Å². The highest BCUT2D eigenvalue weighted by molar-refractivity contribution is 6.30. The van der Waals surface area contributed by atoms with Gasteiger partial charge in [0.25, 0.3) is 0 Å². The van der Waals surface area contributed by atoms with Crippen LogP contribution in [0, 0.1) is 0 Å². The molecular formula is C10H12ClNO2. The lowest BCUT2D eigenvalue weighted by molar-refractivity contribution is 0.0682. The Morgan fingerprint density at radius 1 is 1.50 bits per heavy atom. The lowest BCUT2D eigenvalue weighted by atomic mass is 10.2. The Labute approximate surface area is 87.3 Å². The Kier molecular flexibility index (Phi) is 2.50. The number of hydrogen-bond acceptors (Lipinski definition) is 1. The number of halogens is 1. The van der Waals surface area contributed by atoms with Gasteiger partial charge in [-0.25, -0.2) is 4.79 Å². The summed E-state index contributed by atoms with van der Waals surface area (Å²) in [6, 6.07) is 1.84. The van der Waals surface area contributed by atoms with E-state index in [1.807, 2.05) is 0 Å². The molecule has 1 saturated carbocycles. The first kappa shape index (κ1) is 9.59. The van der Waals surface area contributed by atoms with Crippen molar-refractivity contribution in [3.63, 3.8) is 0 Å². The molecule has 0 bridgehead atoms. The lowest BCUT2D eigenvalue weighted by Crippen LogP contribution is -2.11. The largest absolute Gasteiger partial charge is 0.477 e. The highest BCUT2D eigenvalue weighted by Crippen LogP contribution is 2.32. The maximum Gasteiger partial charge on any atom is 0.352 e. The summed E-state index contributed by atoms with van der Waals surface area (Å²) in [5.41, 5.74) is 0.307. The number of aromatic carboxylic acids is 1. The molecule has 3 nitrogen and oxygen atoms in total. The van der Waals surface area contributed by atoms with Gasteiger partial charge in [-0.3, -0.25) is 0 Å². The zero-order valence-electron chi connectivity index (χ0n) is 7.74. The average Bonchev–Trinajstić information content (AvgIpc) is 2.70. The maximum atomic E-state index is 10.9. The fourth-order valence-electron chi connectivity index (χ4n) is 2.10. The second-order valence-corrected chi connectivity index (χ2v) is 4.13. The Balaban J connectivity index is 2.35. The molecule has 0 atom stereocenters. The number of carboxylic acid groups (broad SMARTS) is 1. The molecule has 4 heteroatoms. The van der Waals surface area contributed by atoms with Crippen LogP contribution in [0.4, 0.5) is 0 Å². The fourth-order valence-corrected chi connectivity index (χ4v) is 2.31. The minimum atomic E-state index is -0.899. The average molecular weight is 214 g/mol. The van der Waals surface area contributed by atoms with Crippen molar-refractivity contribution in [2.75, 3.05) is 0 Å². The highest BCUT2D eigenvalue weighted by Gasteiger charge is 2.22. The van der Waals surface area contributed by atoms with Crippen molar-refractivity contribution in [1.82, 2.24) is 4.57 Å². The molecule has 1 aromatic heterocycles. The number of hydrogen-bond donors (Lipinski definition) is 1. The van der Waals surface area contributed by atoms with Gasteiger partial charge in [-0.1, -0.05) is 24.4 Å². The number of nitrogens with zero attached hydrogens (tertiary/aromatic N) is 1. The Hall–Kier alpha value is -0.960. The Morgan fingerprint density at radius 3 is 2.71 bits per heavy atom. The SMILES string of the molecule is O=C(O)c1cc(Cl)cn1C1CCCC1. The lowest BCUT2D eigenvalue weighted by Gasteiger charge is -2.13. The van der Waals surface area contributed by atoms with Gasteiger partial charge >= 0.3 is 5.97 Å². The minimum absolute atomic E-state index is 0.307. The first-order chi connectivity index (χ1) is 6.68. The number of aromatic nitrogens is 1. The molecule has 0 aliphatic heterocycles. The highest BCUT2D eigenvalue weighted by atomic mass is 35.5. The summed E-state index contributed by atoms with van der Waals surface area (Å²) in [5.74, 6) is -0.899. The smallest absolute Gasteiger partial charge is 0.352 e. The van der Waals surface area contributed by atoms with Gasteiger partial charge in [-0.2, -0.15) is 0 Å². The van der Waals surface area contributed by atoms with Crippen LogP contribution in [0.25, 0.3) is 0 Å². The van der Waals surface area contributed by atoms with E-state index in [0.717, 1.165) is 12.8 Å². The topological polar surface area (TPSA) is 42.2 Å². The standard InChI is InChI=1S/C10H12ClNO2/c11-7-5-9(10(13)14)12(6-7)8-3-1-2-4-8/h5-6,8H,1-4H2,(H,13,14). The van der Waals surface area contributed by atoms with Gasteiger partial charge in [-0.05, 0) is 18.9 Å². The number of rotatable bonds is 2. The molecular weight excluding hydrogens is 202 g/mol. The summed E-state index contributed by atoms with van der Waals surface area (Å²) in [6.45, 7) is 0. The molecule has 1 aliphatic carbocycles. The van der Waals surface area contributed by atoms with E-state index in [-0.39, 0.29) is 0 Å². The predicted octanol–water partition coefficient (Wildman–Crippen LogP) is 2.95. The summed E-state index contributed by atoms with van der Waals surface area (Å²) in [4.78, 5) is 10.9. The molecule has 14 heavy (non-hydrogen) atoms. The van der Waals surface area contributed by atoms with Crippen molar-refractivity contribution in [3.8, 4) is 0 Å². The fraction of sp³-hybridized carbons (Fsp3) is 0.500. The monoisotopic (exact) mass is 213 g/mol. The summed E-state index contributed by atoms with van der Waals surface area (Å²) < 4.78 is 1.80. The van der Waals surface area contributed by atoms with Crippen molar-refractivity contribution in [2.45, 2.75) is 31.7 Å². The normalized spacial score (nSPS) is 17.5. The van der Waals surface area contributed by atoms with E-state index in [4.69, 9.17) is 16.7 Å². The summed E-state index contributed by atoms with van der Waals surface area (Å²) in [6.07, 6.45) is 6.20. The minimum Gasteiger partial charge on any atom is -0.477 e. The van der Waals surface area contributed by atoms with E-state index < -0.39 is 5.97 Å². The van der Waals surface area contributed by atoms with Crippen molar-refractivity contribution in [1.29, 1.82) is 0 Å². The molecule has 0 amide bonds. The number of carbonyl (C=O) groups is 1. The molecule has 0 saturated heterocycles. The molecule has 0 spiro atoms. The van der Waals surface area contributed by atoms with Crippen LogP contribution in [-0.2, 0) is 0 Å². The van der Waals surface area contributed by atoms with Gasteiger partial charge < -0.3 is 9.67 Å². The van der Waals surface area contributed by atoms with E-state index in [0.29, 0.717) is 16.8 Å². The van der Waals surface area contributed by atoms with Gasteiger partial charge in [0.2, 0.25) is 0 Å². The second-order valence-electron chi connectivity index (χ2n) is 3.69. The Bertz CT molecular complexity index is 353. The first-order valence-electron chi connectivity index (χ1n) is 4.79. The van der Waals surface area contributed by atoms with Crippen LogP contribution in [-0.4, -0.2) is 15.6 Å². The molecule has 1 aliphatic rings. The van der Waals surface area contributed by atoms with Gasteiger partial charge in [0.05, 0.1) is 5.02 Å². The summed E-state index contributed by atoms with van der Waals surface area (Å²) in [5, 5.41) is 9.47. The zero-order valence-corrected chi connectivity index (χ0v) is 8.50. The quantitative estimate of drug-likeness (QED) is 0.821. The van der Waals surface area contributed by atoms with Gasteiger partial charge in [-0.15, -0.1) is 0 Å². The third-order valence-corrected chi connectivity index (χ3v) is 2.96. The van der Waals surface area contributed by atoms with Crippen molar-refractivity contribution >= 4 is 17.6 Å². The van der Waals surface area contributed by atoms with E-state index in [2.05, 4.69) is 0 Å². The first-order valence-corrected chi connectivity index (χ1v) is 5.17. The van der Waals surface area contributed by atoms with E-state index in [9.17, 15) is 4.79 Å². The Morgan fingerprint density at radius 2 is 2.14 bits per heavy atom. The van der Waals surface area contributed by atoms with Crippen LogP contribution < -0.4 is 0 Å². The molecule has 76 valence electrons. The summed E-state index contributed by atoms with van der Waals surface area (Å²) in [7, 11) is 0. The van der Waals surface area contributed by atoms with Crippen LogP contribution in [0.15, 0.2) is 12.3 Å². The molecule has 1 heterocycles. The third kappa shape index (κ3) is 1.64. The van der Waals surface area contributed by atoms with E-state index >= 15 is 0 Å². The van der Waals surface area contributed by atoms with E-state index in [1.54, 1.807) is 10.8 Å². The molecule has 0 aromatic carbocycles. The number of carboxylic acids is 1. The van der Waals surface area contributed by atoms with Crippen molar-refractivity contribution in [2.24, 2.45) is 0 Å². The zero-order chi connectivity index (χ0) is 10.1. The van der Waals surface area contributed by atoms with Crippen LogP contribution >= 0.6 is 11.6 Å². The van der Waals surface area contributed by atoms with Crippen LogP contribution in [0.3, 0.4) is 0 Å². The predicted molar refractivity (Wildman–Crippen MR) is 53.9 cm³/mol. The molecule has 0 radical (unpaired) electrons. The van der Waals surface area contributed by atoms with Crippen molar-refractivity contribution < 1.29 is 9.90 Å². The molecule has 1 fully saturated rings. The van der Waals surface area contributed by atoms with Gasteiger partial charge in [0.1, 0.15) is 5.69 Å². The van der Waals surface area contributed by atoms with Gasteiger partial charge in [0.15, 0.2) is 0 Å².